The summed E-state index contributed by atoms with van der Waals surface area (Å²) in [5.41, 5.74) is -0.0639. The lowest BCUT2D eigenvalue weighted by atomic mass is 10.2. The molecule has 0 aliphatic carbocycles. The van der Waals surface area contributed by atoms with Gasteiger partial charge in [0.05, 0.1) is 6.54 Å². The first-order valence-corrected chi connectivity index (χ1v) is 5.34. The van der Waals surface area contributed by atoms with Crippen molar-refractivity contribution in [2.45, 2.75) is 45.7 Å². The Morgan fingerprint density at radius 3 is 2.93 bits per heavy atom. The first-order valence-electron chi connectivity index (χ1n) is 5.34. The summed E-state index contributed by atoms with van der Waals surface area (Å²) in [5.74, 6) is 0.961. The molecular formula is C10H15N3O2. The molecule has 2 heterocycles. The van der Waals surface area contributed by atoms with Crippen LogP contribution in [0.2, 0.25) is 0 Å². The number of carbonyl (C=O) groups excluding carboxylic acids is 1. The van der Waals surface area contributed by atoms with Crippen molar-refractivity contribution in [3.05, 3.63) is 16.3 Å². The van der Waals surface area contributed by atoms with E-state index in [1.165, 1.54) is 11.6 Å². The Hall–Kier alpha value is -1.39. The molecule has 0 saturated heterocycles. The van der Waals surface area contributed by atoms with E-state index in [2.05, 4.69) is 5.10 Å². The molecule has 2 rings (SSSR count). The Kier molecular flexibility index (Phi) is 2.70. The molecule has 0 fully saturated rings. The van der Waals surface area contributed by atoms with Crippen LogP contribution in [0.3, 0.4) is 0 Å². The summed E-state index contributed by atoms with van der Waals surface area (Å²) >= 11 is 0. The van der Waals surface area contributed by atoms with Gasteiger partial charge >= 0.3 is 5.69 Å². The molecule has 1 aromatic rings. The molecule has 0 unspecified atom stereocenters. The zero-order valence-corrected chi connectivity index (χ0v) is 8.90. The molecular weight excluding hydrogens is 194 g/mol. The van der Waals surface area contributed by atoms with Gasteiger partial charge in [0.15, 0.2) is 0 Å². The minimum absolute atomic E-state index is 0.0639. The van der Waals surface area contributed by atoms with Gasteiger partial charge in [0.1, 0.15) is 11.6 Å². The maximum absolute atomic E-state index is 11.8. The summed E-state index contributed by atoms with van der Waals surface area (Å²) in [6, 6.07) is 0. The van der Waals surface area contributed by atoms with E-state index in [1.807, 2.05) is 0 Å². The van der Waals surface area contributed by atoms with Crippen LogP contribution in [0, 0.1) is 0 Å². The van der Waals surface area contributed by atoms with Gasteiger partial charge in [-0.05, 0) is 19.8 Å². The van der Waals surface area contributed by atoms with Gasteiger partial charge in [0.25, 0.3) is 0 Å². The molecule has 1 aromatic heterocycles. The van der Waals surface area contributed by atoms with E-state index in [0.717, 1.165) is 31.6 Å². The summed E-state index contributed by atoms with van der Waals surface area (Å²) in [6.45, 7) is 2.71. The number of nitrogens with zero attached hydrogens (tertiary/aromatic N) is 3. The number of aryl methyl sites for hydroxylation is 2. The van der Waals surface area contributed by atoms with E-state index < -0.39 is 0 Å². The number of hydrogen-bond acceptors (Lipinski definition) is 3. The molecule has 5 nitrogen and oxygen atoms in total. The lowest BCUT2D eigenvalue weighted by Gasteiger charge is -2.09. The molecule has 0 radical (unpaired) electrons. The Balaban J connectivity index is 2.22. The van der Waals surface area contributed by atoms with Gasteiger partial charge in [0.2, 0.25) is 0 Å². The smallest absolute Gasteiger partial charge is 0.300 e. The number of Topliss-reactive ketones (excluding diaryl/α,β-unsaturated/α-hetero) is 1. The van der Waals surface area contributed by atoms with E-state index in [9.17, 15) is 9.59 Å². The van der Waals surface area contributed by atoms with E-state index >= 15 is 0 Å². The van der Waals surface area contributed by atoms with Crippen molar-refractivity contribution in [3.8, 4) is 0 Å². The van der Waals surface area contributed by atoms with E-state index in [-0.39, 0.29) is 11.5 Å². The van der Waals surface area contributed by atoms with Gasteiger partial charge in [0, 0.05) is 19.4 Å². The Morgan fingerprint density at radius 2 is 2.27 bits per heavy atom. The third-order valence-corrected chi connectivity index (χ3v) is 2.71. The predicted octanol–water partition coefficient (Wildman–Crippen LogP) is 0.360. The minimum Gasteiger partial charge on any atom is -0.300 e. The third-order valence-electron chi connectivity index (χ3n) is 2.71. The number of hydrogen-bond donors (Lipinski definition) is 0. The number of rotatable bonds is 3. The van der Waals surface area contributed by atoms with Crippen LogP contribution >= 0.6 is 0 Å². The average molecular weight is 209 g/mol. The van der Waals surface area contributed by atoms with Crippen LogP contribution in [-0.4, -0.2) is 20.1 Å². The van der Waals surface area contributed by atoms with Crippen molar-refractivity contribution >= 4 is 5.78 Å². The predicted molar refractivity (Wildman–Crippen MR) is 54.7 cm³/mol. The lowest BCUT2D eigenvalue weighted by Crippen LogP contribution is -2.27. The zero-order valence-electron chi connectivity index (χ0n) is 8.90. The monoisotopic (exact) mass is 209 g/mol. The molecule has 1 aliphatic heterocycles. The summed E-state index contributed by atoms with van der Waals surface area (Å²) < 4.78 is 3.14. The fraction of sp³-hybridized carbons (Fsp3) is 0.700. The Bertz CT molecular complexity index is 430. The van der Waals surface area contributed by atoms with Gasteiger partial charge in [-0.25, -0.2) is 9.48 Å². The summed E-state index contributed by atoms with van der Waals surface area (Å²) in [7, 11) is 0. The number of ketones is 1. The van der Waals surface area contributed by atoms with E-state index in [0.29, 0.717) is 13.0 Å². The zero-order chi connectivity index (χ0) is 10.8. The van der Waals surface area contributed by atoms with E-state index in [1.54, 1.807) is 4.57 Å². The quantitative estimate of drug-likeness (QED) is 0.722. The standard InChI is InChI=1S/C10H15N3O2/c1-8(14)5-7-13-10(15)12-6-3-2-4-9(12)11-13/h2-7H2,1H3. The van der Waals surface area contributed by atoms with Crippen molar-refractivity contribution in [2.24, 2.45) is 0 Å². The molecule has 0 atom stereocenters. The van der Waals surface area contributed by atoms with Crippen LogP contribution in [-0.2, 0) is 24.3 Å². The first kappa shape index (κ1) is 10.1. The molecule has 15 heavy (non-hydrogen) atoms. The summed E-state index contributed by atoms with van der Waals surface area (Å²) in [4.78, 5) is 22.6. The van der Waals surface area contributed by atoms with Crippen LogP contribution in [0.25, 0.3) is 0 Å². The SMILES string of the molecule is CC(=O)CCn1nc2n(c1=O)CCCC2. The van der Waals surface area contributed by atoms with E-state index in [4.69, 9.17) is 0 Å². The van der Waals surface area contributed by atoms with Crippen molar-refractivity contribution in [1.82, 2.24) is 14.3 Å². The van der Waals surface area contributed by atoms with Crippen molar-refractivity contribution in [1.29, 1.82) is 0 Å². The topological polar surface area (TPSA) is 56.9 Å². The first-order chi connectivity index (χ1) is 7.18. The fourth-order valence-corrected chi connectivity index (χ4v) is 1.86. The largest absolute Gasteiger partial charge is 0.345 e. The summed E-state index contributed by atoms with van der Waals surface area (Å²) in [6.07, 6.45) is 3.41. The minimum atomic E-state index is -0.0639. The molecule has 0 saturated carbocycles. The average Bonchev–Trinajstić information content (AvgIpc) is 2.54. The van der Waals surface area contributed by atoms with Crippen LogP contribution in [0.5, 0.6) is 0 Å². The van der Waals surface area contributed by atoms with Gasteiger partial charge in [-0.1, -0.05) is 0 Å². The highest BCUT2D eigenvalue weighted by Gasteiger charge is 2.16. The van der Waals surface area contributed by atoms with Crippen LogP contribution in [0.4, 0.5) is 0 Å². The molecule has 0 amide bonds. The maximum Gasteiger partial charge on any atom is 0.345 e. The highest BCUT2D eigenvalue weighted by molar-refractivity contribution is 5.75. The molecule has 5 heteroatoms. The van der Waals surface area contributed by atoms with Crippen molar-refractivity contribution < 1.29 is 4.79 Å². The molecule has 0 bridgehead atoms. The maximum atomic E-state index is 11.8. The summed E-state index contributed by atoms with van der Waals surface area (Å²) in [5, 5.41) is 4.24. The number of aromatic nitrogens is 3. The highest BCUT2D eigenvalue weighted by Crippen LogP contribution is 2.09. The van der Waals surface area contributed by atoms with Crippen molar-refractivity contribution in [2.75, 3.05) is 0 Å². The van der Waals surface area contributed by atoms with Gasteiger partial charge in [-0.3, -0.25) is 9.36 Å². The molecule has 0 N–H and O–H groups in total. The number of carbonyl (C=O) groups is 1. The Labute approximate surface area is 87.7 Å². The second-order valence-corrected chi connectivity index (χ2v) is 3.98. The van der Waals surface area contributed by atoms with Crippen LogP contribution < -0.4 is 5.69 Å². The lowest BCUT2D eigenvalue weighted by molar-refractivity contribution is -0.117. The van der Waals surface area contributed by atoms with Gasteiger partial charge < -0.3 is 0 Å². The molecule has 0 aromatic carbocycles. The highest BCUT2D eigenvalue weighted by atomic mass is 16.2. The fourth-order valence-electron chi connectivity index (χ4n) is 1.86. The molecule has 82 valence electrons. The Morgan fingerprint density at radius 1 is 1.47 bits per heavy atom. The second-order valence-electron chi connectivity index (χ2n) is 3.98. The molecule has 1 aliphatic rings. The van der Waals surface area contributed by atoms with Crippen molar-refractivity contribution in [3.63, 3.8) is 0 Å². The van der Waals surface area contributed by atoms with Crippen LogP contribution in [0.1, 0.15) is 32.0 Å². The van der Waals surface area contributed by atoms with Gasteiger partial charge in [-0.2, -0.15) is 5.10 Å². The second kappa shape index (κ2) is 4.00. The normalized spacial score (nSPS) is 15.0. The number of fused-ring (bicyclic) bond motifs is 1. The molecule has 0 spiro atoms. The van der Waals surface area contributed by atoms with Gasteiger partial charge in [-0.15, -0.1) is 0 Å². The van der Waals surface area contributed by atoms with Crippen LogP contribution in [0.15, 0.2) is 4.79 Å². The third kappa shape index (κ3) is 2.00.